The van der Waals surface area contributed by atoms with Gasteiger partial charge in [-0.05, 0) is 59.7 Å². The number of aromatic carboxylic acids is 1. The first kappa shape index (κ1) is 25.3. The summed E-state index contributed by atoms with van der Waals surface area (Å²) in [5.74, 6) is -1.66. The standard InChI is InChI=1S/C25H16ClF3N2O4/c26-21-11-15(7-8-22(21)35-14-16-3-1-4-17(10-16)24(33)34)9-18(13-30)23(32)31-20-6-2-5-19(12-20)25(27,28)29/h1-12H,14H2,(H,31,32)(H,33,34)/b18-9-. The van der Waals surface area contributed by atoms with Gasteiger partial charge in [0.2, 0.25) is 0 Å². The van der Waals surface area contributed by atoms with E-state index in [0.29, 0.717) is 11.1 Å². The highest BCUT2D eigenvalue weighted by Crippen LogP contribution is 2.31. The molecule has 3 aromatic carbocycles. The molecule has 35 heavy (non-hydrogen) atoms. The quantitative estimate of drug-likeness (QED) is 0.298. The third-order valence-corrected chi connectivity index (χ3v) is 4.94. The Morgan fingerprint density at radius 1 is 1.09 bits per heavy atom. The Kier molecular flexibility index (Phi) is 7.79. The third-order valence-electron chi connectivity index (χ3n) is 4.65. The lowest BCUT2D eigenvalue weighted by atomic mass is 10.1. The van der Waals surface area contributed by atoms with Crippen LogP contribution in [0.2, 0.25) is 5.02 Å². The van der Waals surface area contributed by atoms with E-state index in [1.54, 1.807) is 18.2 Å². The number of carboxylic acid groups (broad SMARTS) is 1. The number of nitrogens with zero attached hydrogens (tertiary/aromatic N) is 1. The summed E-state index contributed by atoms with van der Waals surface area (Å²) in [6.45, 7) is 0.0544. The number of carbonyl (C=O) groups is 2. The number of amides is 1. The zero-order chi connectivity index (χ0) is 25.6. The molecular weight excluding hydrogens is 485 g/mol. The van der Waals surface area contributed by atoms with Crippen molar-refractivity contribution in [3.8, 4) is 11.8 Å². The van der Waals surface area contributed by atoms with Gasteiger partial charge in [0.25, 0.3) is 5.91 Å². The average molecular weight is 501 g/mol. The minimum Gasteiger partial charge on any atom is -0.487 e. The van der Waals surface area contributed by atoms with Crippen molar-refractivity contribution in [2.24, 2.45) is 0 Å². The molecule has 0 saturated heterocycles. The number of carbonyl (C=O) groups excluding carboxylic acids is 1. The number of halogens is 4. The van der Waals surface area contributed by atoms with Crippen LogP contribution in [-0.2, 0) is 17.6 Å². The summed E-state index contributed by atoms with van der Waals surface area (Å²) in [6, 6.07) is 16.5. The van der Waals surface area contributed by atoms with E-state index in [4.69, 9.17) is 21.4 Å². The summed E-state index contributed by atoms with van der Waals surface area (Å²) in [4.78, 5) is 23.5. The molecule has 3 rings (SSSR count). The molecule has 0 aliphatic carbocycles. The normalized spacial score (nSPS) is 11.5. The zero-order valence-corrected chi connectivity index (χ0v) is 18.5. The van der Waals surface area contributed by atoms with Crippen molar-refractivity contribution in [2.45, 2.75) is 12.8 Å². The molecule has 0 atom stereocenters. The Bertz CT molecular complexity index is 1350. The Hall–Kier alpha value is -4.29. The highest BCUT2D eigenvalue weighted by molar-refractivity contribution is 6.32. The Labute approximate surface area is 202 Å². The zero-order valence-electron chi connectivity index (χ0n) is 17.8. The summed E-state index contributed by atoms with van der Waals surface area (Å²) < 4.78 is 44.2. The van der Waals surface area contributed by atoms with Crippen molar-refractivity contribution in [3.63, 3.8) is 0 Å². The fourth-order valence-corrected chi connectivity index (χ4v) is 3.21. The second-order valence-electron chi connectivity index (χ2n) is 7.19. The highest BCUT2D eigenvalue weighted by atomic mass is 35.5. The summed E-state index contributed by atoms with van der Waals surface area (Å²) in [5, 5.41) is 20.9. The van der Waals surface area contributed by atoms with Gasteiger partial charge in [0.1, 0.15) is 24.0 Å². The minimum atomic E-state index is -4.58. The average Bonchev–Trinajstić information content (AvgIpc) is 2.81. The summed E-state index contributed by atoms with van der Waals surface area (Å²) in [6.07, 6.45) is -3.34. The highest BCUT2D eigenvalue weighted by Gasteiger charge is 2.30. The number of ether oxygens (including phenoxy) is 1. The monoisotopic (exact) mass is 500 g/mol. The molecule has 2 N–H and O–H groups in total. The first-order valence-electron chi connectivity index (χ1n) is 9.92. The van der Waals surface area contributed by atoms with Crippen LogP contribution in [-0.4, -0.2) is 17.0 Å². The van der Waals surface area contributed by atoms with Gasteiger partial charge in [-0.2, -0.15) is 18.4 Å². The van der Waals surface area contributed by atoms with Gasteiger partial charge in [0, 0.05) is 5.69 Å². The van der Waals surface area contributed by atoms with Gasteiger partial charge < -0.3 is 15.2 Å². The smallest absolute Gasteiger partial charge is 0.416 e. The van der Waals surface area contributed by atoms with Crippen molar-refractivity contribution in [2.75, 3.05) is 5.32 Å². The number of carboxylic acids is 1. The van der Waals surface area contributed by atoms with Crippen molar-refractivity contribution in [1.82, 2.24) is 0 Å². The molecule has 0 spiro atoms. The van der Waals surface area contributed by atoms with Crippen LogP contribution in [0.3, 0.4) is 0 Å². The molecular formula is C25H16ClF3N2O4. The lowest BCUT2D eigenvalue weighted by Gasteiger charge is -2.10. The number of rotatable bonds is 7. The molecule has 6 nitrogen and oxygen atoms in total. The molecule has 3 aromatic rings. The lowest BCUT2D eigenvalue weighted by Crippen LogP contribution is -2.14. The predicted molar refractivity (Wildman–Crippen MR) is 123 cm³/mol. The minimum absolute atomic E-state index is 0.0544. The van der Waals surface area contributed by atoms with Crippen LogP contribution in [0.4, 0.5) is 18.9 Å². The van der Waals surface area contributed by atoms with Crippen LogP contribution in [0.5, 0.6) is 5.75 Å². The Morgan fingerprint density at radius 2 is 1.83 bits per heavy atom. The molecule has 0 aliphatic rings. The van der Waals surface area contributed by atoms with E-state index >= 15 is 0 Å². The maximum atomic E-state index is 12.9. The maximum Gasteiger partial charge on any atom is 0.416 e. The van der Waals surface area contributed by atoms with Crippen LogP contribution in [0.25, 0.3) is 6.08 Å². The molecule has 0 radical (unpaired) electrons. The van der Waals surface area contributed by atoms with E-state index in [1.165, 1.54) is 42.5 Å². The van der Waals surface area contributed by atoms with E-state index < -0.39 is 23.6 Å². The molecule has 0 saturated carbocycles. The molecule has 1 amide bonds. The molecule has 0 heterocycles. The second-order valence-corrected chi connectivity index (χ2v) is 7.59. The largest absolute Gasteiger partial charge is 0.487 e. The van der Waals surface area contributed by atoms with Crippen LogP contribution >= 0.6 is 11.6 Å². The number of nitrogens with one attached hydrogen (secondary N) is 1. The molecule has 0 aromatic heterocycles. The Morgan fingerprint density at radius 3 is 2.49 bits per heavy atom. The SMILES string of the molecule is N#C/C(=C/c1ccc(OCc2cccc(C(=O)O)c2)c(Cl)c1)C(=O)Nc1cccc(C(F)(F)F)c1. The summed E-state index contributed by atoms with van der Waals surface area (Å²) in [7, 11) is 0. The fourth-order valence-electron chi connectivity index (χ4n) is 2.97. The van der Waals surface area contributed by atoms with E-state index in [-0.39, 0.29) is 34.2 Å². The van der Waals surface area contributed by atoms with Gasteiger partial charge in [-0.25, -0.2) is 4.79 Å². The molecule has 0 fully saturated rings. The number of alkyl halides is 3. The van der Waals surface area contributed by atoms with Crippen LogP contribution in [0.15, 0.2) is 72.3 Å². The van der Waals surface area contributed by atoms with E-state index in [9.17, 15) is 28.0 Å². The molecule has 178 valence electrons. The van der Waals surface area contributed by atoms with Crippen LogP contribution < -0.4 is 10.1 Å². The first-order chi connectivity index (χ1) is 16.6. The molecule has 0 aliphatic heterocycles. The van der Waals surface area contributed by atoms with Crippen molar-refractivity contribution in [3.05, 3.63) is 99.6 Å². The third kappa shape index (κ3) is 6.85. The number of benzene rings is 3. The van der Waals surface area contributed by atoms with Gasteiger partial charge >= 0.3 is 12.1 Å². The van der Waals surface area contributed by atoms with Crippen molar-refractivity contribution in [1.29, 1.82) is 5.26 Å². The molecule has 0 bridgehead atoms. The van der Waals surface area contributed by atoms with Gasteiger partial charge in [-0.1, -0.05) is 35.9 Å². The number of hydrogen-bond donors (Lipinski definition) is 2. The number of anilines is 1. The van der Waals surface area contributed by atoms with E-state index in [0.717, 1.165) is 18.2 Å². The van der Waals surface area contributed by atoms with Gasteiger partial charge in [0.15, 0.2) is 0 Å². The van der Waals surface area contributed by atoms with E-state index in [1.807, 2.05) is 0 Å². The topological polar surface area (TPSA) is 99.4 Å². The molecule has 0 unspecified atom stereocenters. The first-order valence-corrected chi connectivity index (χ1v) is 10.3. The van der Waals surface area contributed by atoms with Crippen molar-refractivity contribution < 1.29 is 32.6 Å². The molecule has 10 heteroatoms. The van der Waals surface area contributed by atoms with Crippen molar-refractivity contribution >= 4 is 35.2 Å². The lowest BCUT2D eigenvalue weighted by molar-refractivity contribution is -0.137. The van der Waals surface area contributed by atoms with Crippen LogP contribution in [0, 0.1) is 11.3 Å². The Balaban J connectivity index is 1.72. The number of nitriles is 1. The van der Waals surface area contributed by atoms with Gasteiger partial charge in [-0.3, -0.25) is 4.79 Å². The maximum absolute atomic E-state index is 12.9. The van der Waals surface area contributed by atoms with Gasteiger partial charge in [0.05, 0.1) is 16.1 Å². The second kappa shape index (κ2) is 10.8. The van der Waals surface area contributed by atoms with Crippen LogP contribution in [0.1, 0.15) is 27.0 Å². The van der Waals surface area contributed by atoms with Gasteiger partial charge in [-0.15, -0.1) is 0 Å². The van der Waals surface area contributed by atoms with E-state index in [2.05, 4.69) is 5.32 Å². The summed E-state index contributed by atoms with van der Waals surface area (Å²) in [5.41, 5.74) is -0.286. The number of hydrogen-bond acceptors (Lipinski definition) is 4. The summed E-state index contributed by atoms with van der Waals surface area (Å²) >= 11 is 6.24. The predicted octanol–water partition coefficient (Wildman–Crippen LogP) is 6.18. The fraction of sp³-hybridized carbons (Fsp3) is 0.0800.